The summed E-state index contributed by atoms with van der Waals surface area (Å²) < 4.78 is 1.80. The van der Waals surface area contributed by atoms with Crippen LogP contribution in [0.25, 0.3) is 16.8 Å². The molecular formula is C15H14N6O2. The summed E-state index contributed by atoms with van der Waals surface area (Å²) in [7, 11) is 0. The second-order valence-electron chi connectivity index (χ2n) is 4.93. The lowest BCUT2D eigenvalue weighted by Crippen LogP contribution is -2.05. The molecule has 116 valence electrons. The Hall–Kier alpha value is -3.42. The van der Waals surface area contributed by atoms with E-state index in [-0.39, 0.29) is 11.7 Å². The van der Waals surface area contributed by atoms with Crippen LogP contribution in [0.1, 0.15) is 12.5 Å². The van der Waals surface area contributed by atoms with Gasteiger partial charge in [0, 0.05) is 36.0 Å². The topological polar surface area (TPSA) is 118 Å². The smallest absolute Gasteiger partial charge is 0.222 e. The summed E-state index contributed by atoms with van der Waals surface area (Å²) in [5, 5.41) is 14.3. The Labute approximate surface area is 131 Å². The number of rotatable bonds is 3. The van der Waals surface area contributed by atoms with Crippen LogP contribution in [0, 0.1) is 0 Å². The summed E-state index contributed by atoms with van der Waals surface area (Å²) in [6, 6.07) is 5.48. The summed E-state index contributed by atoms with van der Waals surface area (Å²) in [5.74, 6) is 0.589. The molecule has 0 radical (unpaired) electrons. The summed E-state index contributed by atoms with van der Waals surface area (Å²) in [4.78, 5) is 19.5. The molecule has 3 aromatic rings. The van der Waals surface area contributed by atoms with Gasteiger partial charge in [0.25, 0.3) is 0 Å². The molecule has 0 aromatic carbocycles. The van der Waals surface area contributed by atoms with Crippen molar-refractivity contribution in [1.82, 2.24) is 14.4 Å². The van der Waals surface area contributed by atoms with Crippen LogP contribution in [0.15, 0.2) is 41.9 Å². The summed E-state index contributed by atoms with van der Waals surface area (Å²) in [5.41, 5.74) is 8.64. The van der Waals surface area contributed by atoms with E-state index in [1.54, 1.807) is 22.9 Å². The van der Waals surface area contributed by atoms with Gasteiger partial charge in [-0.05, 0) is 18.2 Å². The number of hydrogen-bond donors (Lipinski definition) is 3. The number of pyridine rings is 2. The van der Waals surface area contributed by atoms with Crippen LogP contribution < -0.4 is 11.1 Å². The van der Waals surface area contributed by atoms with Crippen molar-refractivity contribution in [2.75, 3.05) is 11.1 Å². The molecule has 0 saturated heterocycles. The standard InChI is InChI=1S/C15H14N6O2/c1-9(22)19-13-8-21-7-10(2-3-14(21)20-13)11-4-12(6-18-23)15(16)17-5-11/h2-8,23H,1H3,(H2,16,17)(H,19,22). The lowest BCUT2D eigenvalue weighted by Gasteiger charge is -2.05. The molecule has 0 fully saturated rings. The predicted octanol–water partition coefficient (Wildman–Crippen LogP) is 1.74. The first kappa shape index (κ1) is 14.5. The molecule has 1 amide bonds. The molecule has 0 atom stereocenters. The Morgan fingerprint density at radius 2 is 2.22 bits per heavy atom. The van der Waals surface area contributed by atoms with Gasteiger partial charge in [-0.15, -0.1) is 0 Å². The Morgan fingerprint density at radius 1 is 1.39 bits per heavy atom. The van der Waals surface area contributed by atoms with Gasteiger partial charge in [0.1, 0.15) is 11.5 Å². The van der Waals surface area contributed by atoms with Gasteiger partial charge in [0.05, 0.1) is 12.4 Å². The number of carbonyl (C=O) groups is 1. The van der Waals surface area contributed by atoms with Crippen LogP contribution in [0.2, 0.25) is 0 Å². The maximum atomic E-state index is 11.1. The number of amides is 1. The first-order valence-electron chi connectivity index (χ1n) is 6.76. The molecule has 8 nitrogen and oxygen atoms in total. The minimum Gasteiger partial charge on any atom is -0.411 e. The average Bonchev–Trinajstić information content (AvgIpc) is 2.90. The fourth-order valence-electron chi connectivity index (χ4n) is 2.22. The van der Waals surface area contributed by atoms with Crippen molar-refractivity contribution in [1.29, 1.82) is 0 Å². The summed E-state index contributed by atoms with van der Waals surface area (Å²) in [6.45, 7) is 1.43. The van der Waals surface area contributed by atoms with Crippen LogP contribution in [0.3, 0.4) is 0 Å². The monoisotopic (exact) mass is 310 g/mol. The third-order valence-corrected chi connectivity index (χ3v) is 3.23. The van der Waals surface area contributed by atoms with Crippen LogP contribution in [0.5, 0.6) is 0 Å². The number of hydrogen-bond acceptors (Lipinski definition) is 6. The molecular weight excluding hydrogens is 296 g/mol. The van der Waals surface area contributed by atoms with Crippen molar-refractivity contribution < 1.29 is 10.0 Å². The minimum absolute atomic E-state index is 0.177. The summed E-state index contributed by atoms with van der Waals surface area (Å²) >= 11 is 0. The number of anilines is 2. The predicted molar refractivity (Wildman–Crippen MR) is 86.5 cm³/mol. The molecule has 3 heterocycles. The minimum atomic E-state index is -0.177. The Kier molecular flexibility index (Phi) is 3.63. The first-order valence-corrected chi connectivity index (χ1v) is 6.76. The number of aromatic nitrogens is 3. The van der Waals surface area contributed by atoms with E-state index in [0.717, 1.165) is 11.1 Å². The number of fused-ring (bicyclic) bond motifs is 1. The second kappa shape index (κ2) is 5.76. The number of oxime groups is 1. The number of nitrogens with two attached hydrogens (primary N) is 1. The van der Waals surface area contributed by atoms with Crippen molar-refractivity contribution in [3.63, 3.8) is 0 Å². The van der Waals surface area contributed by atoms with E-state index in [1.165, 1.54) is 13.1 Å². The van der Waals surface area contributed by atoms with E-state index in [1.807, 2.05) is 18.3 Å². The lowest BCUT2D eigenvalue weighted by atomic mass is 10.1. The van der Waals surface area contributed by atoms with E-state index >= 15 is 0 Å². The zero-order chi connectivity index (χ0) is 16.4. The molecule has 0 aliphatic rings. The number of carbonyl (C=O) groups excluding carboxylic acids is 1. The van der Waals surface area contributed by atoms with Crippen molar-refractivity contribution in [2.24, 2.45) is 5.16 Å². The van der Waals surface area contributed by atoms with Crippen molar-refractivity contribution in [2.45, 2.75) is 6.92 Å². The highest BCUT2D eigenvalue weighted by Gasteiger charge is 2.07. The highest BCUT2D eigenvalue weighted by Crippen LogP contribution is 2.22. The number of nitrogens with one attached hydrogen (secondary N) is 1. The number of nitrogens with zero attached hydrogens (tertiary/aromatic N) is 4. The third-order valence-electron chi connectivity index (χ3n) is 3.23. The second-order valence-corrected chi connectivity index (χ2v) is 4.93. The third kappa shape index (κ3) is 2.95. The molecule has 0 spiro atoms. The maximum Gasteiger partial charge on any atom is 0.222 e. The molecule has 3 aromatic heterocycles. The van der Waals surface area contributed by atoms with E-state index in [2.05, 4.69) is 20.4 Å². The lowest BCUT2D eigenvalue weighted by molar-refractivity contribution is -0.114. The molecule has 0 unspecified atom stereocenters. The molecule has 3 rings (SSSR count). The highest BCUT2D eigenvalue weighted by molar-refractivity contribution is 5.88. The molecule has 23 heavy (non-hydrogen) atoms. The first-order chi connectivity index (χ1) is 11.1. The SMILES string of the molecule is CC(=O)Nc1cn2cc(-c3cnc(N)c(C=NO)c3)ccc2n1. The zero-order valence-electron chi connectivity index (χ0n) is 12.3. The molecule has 0 aliphatic heterocycles. The molecule has 8 heteroatoms. The number of imidazole rings is 1. The molecule has 0 saturated carbocycles. The quantitative estimate of drug-likeness (QED) is 0.387. The van der Waals surface area contributed by atoms with Gasteiger partial charge in [-0.2, -0.15) is 0 Å². The van der Waals surface area contributed by atoms with Gasteiger partial charge < -0.3 is 20.7 Å². The highest BCUT2D eigenvalue weighted by atomic mass is 16.4. The largest absolute Gasteiger partial charge is 0.411 e. The maximum absolute atomic E-state index is 11.1. The fraction of sp³-hybridized carbons (Fsp3) is 0.0667. The van der Waals surface area contributed by atoms with Crippen LogP contribution in [-0.2, 0) is 4.79 Å². The van der Waals surface area contributed by atoms with Gasteiger partial charge >= 0.3 is 0 Å². The van der Waals surface area contributed by atoms with E-state index in [0.29, 0.717) is 17.0 Å². The van der Waals surface area contributed by atoms with Gasteiger partial charge in [0.15, 0.2) is 5.82 Å². The fourth-order valence-corrected chi connectivity index (χ4v) is 2.22. The number of nitrogen functional groups attached to an aromatic ring is 1. The average molecular weight is 310 g/mol. The Bertz CT molecular complexity index is 915. The van der Waals surface area contributed by atoms with Gasteiger partial charge in [-0.25, -0.2) is 9.97 Å². The van der Waals surface area contributed by atoms with Crippen molar-refractivity contribution in [3.8, 4) is 11.1 Å². The Balaban J connectivity index is 2.03. The van der Waals surface area contributed by atoms with Gasteiger partial charge in [-0.1, -0.05) is 5.16 Å². The molecule has 0 aliphatic carbocycles. The molecule has 0 bridgehead atoms. The van der Waals surface area contributed by atoms with E-state index < -0.39 is 0 Å². The van der Waals surface area contributed by atoms with Crippen LogP contribution >= 0.6 is 0 Å². The zero-order valence-corrected chi connectivity index (χ0v) is 12.3. The van der Waals surface area contributed by atoms with E-state index in [4.69, 9.17) is 10.9 Å². The van der Waals surface area contributed by atoms with Crippen LogP contribution in [0.4, 0.5) is 11.6 Å². The van der Waals surface area contributed by atoms with E-state index in [9.17, 15) is 4.79 Å². The normalized spacial score (nSPS) is 11.2. The van der Waals surface area contributed by atoms with Crippen molar-refractivity contribution >= 4 is 29.4 Å². The Morgan fingerprint density at radius 3 is 2.96 bits per heavy atom. The summed E-state index contributed by atoms with van der Waals surface area (Å²) in [6.07, 6.45) is 6.45. The van der Waals surface area contributed by atoms with Gasteiger partial charge in [-0.3, -0.25) is 4.79 Å². The molecule has 4 N–H and O–H groups in total. The van der Waals surface area contributed by atoms with Crippen LogP contribution in [-0.4, -0.2) is 31.7 Å². The van der Waals surface area contributed by atoms with Gasteiger partial charge in [0.2, 0.25) is 5.91 Å². The van der Waals surface area contributed by atoms with Crippen molar-refractivity contribution in [3.05, 3.63) is 42.4 Å².